The van der Waals surface area contributed by atoms with Crippen LogP contribution in [-0.2, 0) is 11.3 Å². The monoisotopic (exact) mass is 295 g/mol. The summed E-state index contributed by atoms with van der Waals surface area (Å²) in [6.07, 6.45) is 0. The number of fused-ring (bicyclic) bond motifs is 1. The third kappa shape index (κ3) is 3.38. The Morgan fingerprint density at radius 3 is 2.95 bits per heavy atom. The zero-order chi connectivity index (χ0) is 15.2. The fourth-order valence-corrected chi connectivity index (χ4v) is 1.84. The highest BCUT2D eigenvalue weighted by atomic mass is 16.5. The van der Waals surface area contributed by atoms with E-state index < -0.39 is 6.03 Å². The summed E-state index contributed by atoms with van der Waals surface area (Å²) in [5.41, 5.74) is 0.975. The molecule has 2 aromatic heterocycles. The maximum Gasteiger partial charge on any atom is 0.320 e. The number of urea groups is 1. The number of carbonyl (C=O) groups excluding carboxylic acids is 1. The Morgan fingerprint density at radius 2 is 2.29 bits per heavy atom. The lowest BCUT2D eigenvalue weighted by Gasteiger charge is -2.08. The highest BCUT2D eigenvalue weighted by Crippen LogP contribution is 2.27. The van der Waals surface area contributed by atoms with Crippen LogP contribution in [0, 0.1) is 0 Å². The lowest BCUT2D eigenvalue weighted by Crippen LogP contribution is -2.31. The van der Waals surface area contributed by atoms with Gasteiger partial charge in [-0.3, -0.25) is 10.4 Å². The molecule has 0 atom stereocenters. The molecule has 0 spiro atoms. The van der Waals surface area contributed by atoms with Crippen LogP contribution >= 0.6 is 0 Å². The van der Waals surface area contributed by atoms with Gasteiger partial charge < -0.3 is 19.9 Å². The Kier molecular flexibility index (Phi) is 4.90. The van der Waals surface area contributed by atoms with Crippen molar-refractivity contribution in [3.8, 4) is 5.88 Å². The highest BCUT2D eigenvalue weighted by molar-refractivity contribution is 5.93. The van der Waals surface area contributed by atoms with Crippen molar-refractivity contribution in [3.05, 3.63) is 11.8 Å². The molecule has 2 aromatic rings. The summed E-state index contributed by atoms with van der Waals surface area (Å²) in [5.74, 6) is 0.644. The Bertz CT molecular complexity index is 627. The van der Waals surface area contributed by atoms with E-state index in [0.29, 0.717) is 41.4 Å². The maximum absolute atomic E-state index is 11.7. The second-order valence-corrected chi connectivity index (χ2v) is 4.14. The number of hydrogen-bond acceptors (Lipinski definition) is 6. The molecule has 0 aliphatic rings. The van der Waals surface area contributed by atoms with E-state index in [0.717, 1.165) is 0 Å². The van der Waals surface area contributed by atoms with Crippen molar-refractivity contribution in [1.29, 1.82) is 0 Å². The minimum absolute atomic E-state index is 0.298. The number of pyridine rings is 1. The van der Waals surface area contributed by atoms with Gasteiger partial charge in [-0.25, -0.2) is 9.78 Å². The molecule has 0 saturated carbocycles. The van der Waals surface area contributed by atoms with Crippen molar-refractivity contribution in [3.63, 3.8) is 0 Å². The van der Waals surface area contributed by atoms with Crippen LogP contribution in [-0.4, -0.2) is 53.7 Å². The Balaban J connectivity index is 2.19. The lowest BCUT2D eigenvalue weighted by atomic mass is 10.2. The summed E-state index contributed by atoms with van der Waals surface area (Å²) in [4.78, 5) is 15.8. The number of aliphatic hydroxyl groups is 1. The van der Waals surface area contributed by atoms with Crippen LogP contribution in [0.4, 0.5) is 10.6 Å². The minimum Gasteiger partial charge on any atom is -0.479 e. The summed E-state index contributed by atoms with van der Waals surface area (Å²) in [6.45, 7) is 0.502. The van der Waals surface area contributed by atoms with Crippen molar-refractivity contribution < 1.29 is 19.4 Å². The molecule has 9 nitrogen and oxygen atoms in total. The molecule has 0 radical (unpaired) electrons. The molecular formula is C12H17N5O4. The molecule has 9 heteroatoms. The van der Waals surface area contributed by atoms with Gasteiger partial charge in [-0.2, -0.15) is 0 Å². The molecular weight excluding hydrogens is 278 g/mol. The number of aliphatic hydroxyl groups excluding tert-OH is 1. The highest BCUT2D eigenvalue weighted by Gasteiger charge is 2.14. The zero-order valence-corrected chi connectivity index (χ0v) is 11.8. The predicted molar refractivity (Wildman–Crippen MR) is 75.3 cm³/mol. The molecule has 0 saturated heterocycles. The van der Waals surface area contributed by atoms with Gasteiger partial charge in [-0.05, 0) is 0 Å². The van der Waals surface area contributed by atoms with Crippen LogP contribution in [0.25, 0.3) is 10.9 Å². The van der Waals surface area contributed by atoms with E-state index in [9.17, 15) is 9.90 Å². The van der Waals surface area contributed by atoms with Crippen LogP contribution in [0.2, 0.25) is 0 Å². The number of nitrogens with one attached hydrogen (secondary N) is 3. The van der Waals surface area contributed by atoms with E-state index in [-0.39, 0.29) is 6.61 Å². The van der Waals surface area contributed by atoms with Gasteiger partial charge in [0.2, 0.25) is 5.88 Å². The topological polar surface area (TPSA) is 121 Å². The van der Waals surface area contributed by atoms with E-state index in [2.05, 4.69) is 25.8 Å². The van der Waals surface area contributed by atoms with Crippen LogP contribution in [0.3, 0.4) is 0 Å². The van der Waals surface area contributed by atoms with Crippen LogP contribution in [0.15, 0.2) is 6.07 Å². The normalized spacial score (nSPS) is 10.6. The Morgan fingerprint density at radius 1 is 1.48 bits per heavy atom. The van der Waals surface area contributed by atoms with Crippen LogP contribution < -0.4 is 15.4 Å². The number of nitrogens with zero attached hydrogens (tertiary/aromatic N) is 2. The van der Waals surface area contributed by atoms with Crippen molar-refractivity contribution in [2.45, 2.75) is 6.61 Å². The molecule has 2 amide bonds. The summed E-state index contributed by atoms with van der Waals surface area (Å²) >= 11 is 0. The summed E-state index contributed by atoms with van der Waals surface area (Å²) < 4.78 is 9.92. The predicted octanol–water partition coefficient (Wildman–Crippen LogP) is 0.227. The molecule has 4 N–H and O–H groups in total. The molecule has 0 aliphatic heterocycles. The lowest BCUT2D eigenvalue weighted by molar-refractivity contribution is 0.198. The second kappa shape index (κ2) is 6.86. The number of rotatable bonds is 6. The van der Waals surface area contributed by atoms with Crippen LogP contribution in [0.5, 0.6) is 5.88 Å². The minimum atomic E-state index is -0.408. The first-order chi connectivity index (χ1) is 10.2. The van der Waals surface area contributed by atoms with Crippen molar-refractivity contribution in [2.75, 3.05) is 32.7 Å². The molecule has 0 unspecified atom stereocenters. The van der Waals surface area contributed by atoms with Gasteiger partial charge in [0.1, 0.15) is 5.82 Å². The SMILES string of the molecule is COCCNC(=O)Nc1cc2[nH]nc(OC)c2c(CO)n1. The molecule has 114 valence electrons. The summed E-state index contributed by atoms with van der Waals surface area (Å²) in [6, 6.07) is 1.20. The first kappa shape index (κ1) is 15.0. The van der Waals surface area contributed by atoms with Gasteiger partial charge in [0.15, 0.2) is 0 Å². The van der Waals surface area contributed by atoms with Crippen molar-refractivity contribution >= 4 is 22.8 Å². The maximum atomic E-state index is 11.7. The molecule has 2 rings (SSSR count). The van der Waals surface area contributed by atoms with Gasteiger partial charge in [0.25, 0.3) is 0 Å². The molecule has 0 fully saturated rings. The smallest absolute Gasteiger partial charge is 0.320 e. The van der Waals surface area contributed by atoms with Gasteiger partial charge in [0.05, 0.1) is 36.9 Å². The Labute approximate surface area is 120 Å². The van der Waals surface area contributed by atoms with Gasteiger partial charge in [-0.15, -0.1) is 5.10 Å². The third-order valence-corrected chi connectivity index (χ3v) is 2.76. The molecule has 21 heavy (non-hydrogen) atoms. The van der Waals surface area contributed by atoms with E-state index in [1.54, 1.807) is 13.2 Å². The number of methoxy groups -OCH3 is 2. The average Bonchev–Trinajstić information content (AvgIpc) is 2.89. The summed E-state index contributed by atoms with van der Waals surface area (Å²) in [5, 5.41) is 21.9. The number of amides is 2. The first-order valence-corrected chi connectivity index (χ1v) is 6.26. The molecule has 2 heterocycles. The summed E-state index contributed by atoms with van der Waals surface area (Å²) in [7, 11) is 3.03. The number of aromatic amines is 1. The third-order valence-electron chi connectivity index (χ3n) is 2.76. The standard InChI is InChI=1S/C12H17N5O4/c1-20-4-3-13-12(19)15-9-5-7-10(8(6-18)14-9)11(21-2)17-16-7/h5,18H,3-4,6H2,1-2H3,(H,16,17)(H2,13,14,15,19). The number of anilines is 1. The van der Waals surface area contributed by atoms with Crippen molar-refractivity contribution in [1.82, 2.24) is 20.5 Å². The van der Waals surface area contributed by atoms with E-state index in [1.807, 2.05) is 0 Å². The number of ether oxygens (including phenoxy) is 2. The molecule has 0 aliphatic carbocycles. The fourth-order valence-electron chi connectivity index (χ4n) is 1.84. The van der Waals surface area contributed by atoms with Gasteiger partial charge in [0, 0.05) is 19.7 Å². The van der Waals surface area contributed by atoms with E-state index in [1.165, 1.54) is 7.11 Å². The molecule has 0 bridgehead atoms. The second-order valence-electron chi connectivity index (χ2n) is 4.14. The van der Waals surface area contributed by atoms with E-state index in [4.69, 9.17) is 9.47 Å². The average molecular weight is 295 g/mol. The molecule has 0 aromatic carbocycles. The number of hydrogen-bond donors (Lipinski definition) is 4. The Hall–Kier alpha value is -2.39. The zero-order valence-electron chi connectivity index (χ0n) is 11.8. The number of aromatic nitrogens is 3. The quantitative estimate of drug-likeness (QED) is 0.566. The largest absolute Gasteiger partial charge is 0.479 e. The number of H-pyrrole nitrogens is 1. The van der Waals surface area contributed by atoms with E-state index >= 15 is 0 Å². The number of carbonyl (C=O) groups is 1. The van der Waals surface area contributed by atoms with Gasteiger partial charge in [-0.1, -0.05) is 0 Å². The first-order valence-electron chi connectivity index (χ1n) is 6.26. The van der Waals surface area contributed by atoms with Gasteiger partial charge >= 0.3 is 6.03 Å². The van der Waals surface area contributed by atoms with Crippen molar-refractivity contribution in [2.24, 2.45) is 0 Å². The fraction of sp³-hybridized carbons (Fsp3) is 0.417. The van der Waals surface area contributed by atoms with Crippen LogP contribution in [0.1, 0.15) is 5.69 Å².